The average molecular weight is 330 g/mol. The number of nitrogens with one attached hydrogen (secondary N) is 3. The van der Waals surface area contributed by atoms with Crippen LogP contribution in [0.4, 0.5) is 0 Å². The van der Waals surface area contributed by atoms with Crippen LogP contribution in [0.3, 0.4) is 0 Å². The Morgan fingerprint density at radius 1 is 1.04 bits per heavy atom. The number of benzene rings is 2. The number of amides is 1. The SMILES string of the molecule is Cc1[nH]ccc1C(=O)N[C@H](c1ccccc1)c1ccc2nc[nH]c2c1. The van der Waals surface area contributed by atoms with E-state index in [4.69, 9.17) is 0 Å². The fourth-order valence-electron chi connectivity index (χ4n) is 3.04. The number of aryl methyl sites for hydroxylation is 1. The van der Waals surface area contributed by atoms with Crippen molar-refractivity contribution in [2.45, 2.75) is 13.0 Å². The highest BCUT2D eigenvalue weighted by molar-refractivity contribution is 5.95. The largest absolute Gasteiger partial charge is 0.365 e. The number of carbonyl (C=O) groups is 1. The zero-order valence-electron chi connectivity index (χ0n) is 13.8. The molecule has 2 aromatic heterocycles. The highest BCUT2D eigenvalue weighted by Gasteiger charge is 2.19. The number of H-pyrrole nitrogens is 2. The first-order chi connectivity index (χ1) is 12.2. The summed E-state index contributed by atoms with van der Waals surface area (Å²) in [7, 11) is 0. The second kappa shape index (κ2) is 6.28. The van der Waals surface area contributed by atoms with Crippen LogP contribution in [0, 0.1) is 6.92 Å². The standard InChI is InChI=1S/C20H18N4O/c1-13-16(9-10-21-13)20(25)24-19(14-5-3-2-4-6-14)15-7-8-17-18(11-15)23-12-22-17/h2-12,19,21H,1H3,(H,22,23)(H,24,25)/t19-/m1/s1. The summed E-state index contributed by atoms with van der Waals surface area (Å²) in [5, 5.41) is 3.16. The minimum atomic E-state index is -0.240. The fourth-order valence-corrected chi connectivity index (χ4v) is 3.04. The number of hydrogen-bond donors (Lipinski definition) is 3. The Morgan fingerprint density at radius 3 is 2.64 bits per heavy atom. The monoisotopic (exact) mass is 330 g/mol. The third-order valence-corrected chi connectivity index (χ3v) is 4.38. The molecule has 0 saturated heterocycles. The number of aromatic amines is 2. The molecule has 3 N–H and O–H groups in total. The summed E-state index contributed by atoms with van der Waals surface area (Å²) in [5.41, 5.74) is 5.40. The molecule has 5 heteroatoms. The third-order valence-electron chi connectivity index (χ3n) is 4.38. The molecule has 124 valence electrons. The first-order valence-electron chi connectivity index (χ1n) is 8.15. The number of nitrogens with zero attached hydrogens (tertiary/aromatic N) is 1. The van der Waals surface area contributed by atoms with Crippen LogP contribution in [0.2, 0.25) is 0 Å². The van der Waals surface area contributed by atoms with Crippen molar-refractivity contribution in [2.75, 3.05) is 0 Å². The van der Waals surface area contributed by atoms with E-state index in [2.05, 4.69) is 20.3 Å². The highest BCUT2D eigenvalue weighted by atomic mass is 16.1. The zero-order chi connectivity index (χ0) is 17.2. The Labute approximate surface area is 145 Å². The van der Waals surface area contributed by atoms with E-state index in [0.717, 1.165) is 27.9 Å². The quantitative estimate of drug-likeness (QED) is 0.533. The first-order valence-corrected chi connectivity index (χ1v) is 8.15. The van der Waals surface area contributed by atoms with Gasteiger partial charge in [-0.05, 0) is 36.2 Å². The minimum absolute atomic E-state index is 0.0997. The lowest BCUT2D eigenvalue weighted by atomic mass is 9.97. The molecule has 0 saturated carbocycles. The van der Waals surface area contributed by atoms with Gasteiger partial charge in [0.05, 0.1) is 29.0 Å². The Bertz CT molecular complexity index is 1020. The van der Waals surface area contributed by atoms with Crippen molar-refractivity contribution in [1.29, 1.82) is 0 Å². The smallest absolute Gasteiger partial charge is 0.253 e. The summed E-state index contributed by atoms with van der Waals surface area (Å²) in [4.78, 5) is 23.2. The molecule has 0 aliphatic heterocycles. The molecule has 0 aliphatic carbocycles. The van der Waals surface area contributed by atoms with Crippen LogP contribution in [-0.2, 0) is 0 Å². The minimum Gasteiger partial charge on any atom is -0.365 e. The maximum Gasteiger partial charge on any atom is 0.253 e. The van der Waals surface area contributed by atoms with E-state index in [0.29, 0.717) is 5.56 Å². The van der Waals surface area contributed by atoms with Gasteiger partial charge in [0.2, 0.25) is 0 Å². The average Bonchev–Trinajstić information content (AvgIpc) is 3.28. The summed E-state index contributed by atoms with van der Waals surface area (Å²) < 4.78 is 0. The van der Waals surface area contributed by atoms with E-state index in [1.165, 1.54) is 0 Å². The van der Waals surface area contributed by atoms with Crippen molar-refractivity contribution in [3.8, 4) is 0 Å². The summed E-state index contributed by atoms with van der Waals surface area (Å²) >= 11 is 0. The van der Waals surface area contributed by atoms with E-state index in [1.54, 1.807) is 18.6 Å². The summed E-state index contributed by atoms with van der Waals surface area (Å²) in [6, 6.07) is 17.5. The number of hydrogen-bond acceptors (Lipinski definition) is 2. The normalized spacial score (nSPS) is 12.2. The van der Waals surface area contributed by atoms with E-state index in [-0.39, 0.29) is 11.9 Å². The molecule has 0 fully saturated rings. The van der Waals surface area contributed by atoms with Crippen LogP contribution < -0.4 is 5.32 Å². The zero-order valence-corrected chi connectivity index (χ0v) is 13.8. The molecular weight excluding hydrogens is 312 g/mol. The lowest BCUT2D eigenvalue weighted by Crippen LogP contribution is -2.29. The Balaban J connectivity index is 1.74. The van der Waals surface area contributed by atoms with Crippen LogP contribution >= 0.6 is 0 Å². The molecule has 0 unspecified atom stereocenters. The Kier molecular flexibility index (Phi) is 3.82. The fraction of sp³-hybridized carbons (Fsp3) is 0.100. The predicted octanol–water partition coefficient (Wildman–Crippen LogP) is 3.72. The van der Waals surface area contributed by atoms with Gasteiger partial charge in [-0.2, -0.15) is 0 Å². The maximum absolute atomic E-state index is 12.7. The van der Waals surface area contributed by atoms with Crippen molar-refractivity contribution in [3.05, 3.63) is 89.5 Å². The summed E-state index contributed by atoms with van der Waals surface area (Å²) in [5.74, 6) is -0.0997. The van der Waals surface area contributed by atoms with Crippen molar-refractivity contribution in [2.24, 2.45) is 0 Å². The van der Waals surface area contributed by atoms with Gasteiger partial charge in [0.25, 0.3) is 5.91 Å². The number of rotatable bonds is 4. The summed E-state index contributed by atoms with van der Waals surface area (Å²) in [6.07, 6.45) is 3.45. The van der Waals surface area contributed by atoms with Crippen LogP contribution in [-0.4, -0.2) is 20.9 Å². The van der Waals surface area contributed by atoms with Crippen LogP contribution in [0.5, 0.6) is 0 Å². The van der Waals surface area contributed by atoms with Crippen LogP contribution in [0.1, 0.15) is 33.2 Å². The van der Waals surface area contributed by atoms with E-state index in [1.807, 2.05) is 55.5 Å². The topological polar surface area (TPSA) is 73.6 Å². The third kappa shape index (κ3) is 2.92. The molecule has 0 radical (unpaired) electrons. The van der Waals surface area contributed by atoms with Gasteiger partial charge in [0, 0.05) is 11.9 Å². The molecule has 0 bridgehead atoms. The molecule has 0 aliphatic rings. The first kappa shape index (κ1) is 15.2. The second-order valence-corrected chi connectivity index (χ2v) is 6.01. The van der Waals surface area contributed by atoms with E-state index in [9.17, 15) is 4.79 Å². The van der Waals surface area contributed by atoms with Gasteiger partial charge in [0.15, 0.2) is 0 Å². The summed E-state index contributed by atoms with van der Waals surface area (Å²) in [6.45, 7) is 1.89. The van der Waals surface area contributed by atoms with Gasteiger partial charge in [-0.3, -0.25) is 4.79 Å². The van der Waals surface area contributed by atoms with Gasteiger partial charge in [-0.15, -0.1) is 0 Å². The molecular formula is C20H18N4O. The Morgan fingerprint density at radius 2 is 1.88 bits per heavy atom. The van der Waals surface area contributed by atoms with Gasteiger partial charge in [-0.1, -0.05) is 36.4 Å². The molecule has 4 rings (SSSR count). The Hall–Kier alpha value is -3.34. The van der Waals surface area contributed by atoms with Crippen molar-refractivity contribution in [3.63, 3.8) is 0 Å². The molecule has 5 nitrogen and oxygen atoms in total. The predicted molar refractivity (Wildman–Crippen MR) is 97.4 cm³/mol. The molecule has 2 heterocycles. The highest BCUT2D eigenvalue weighted by Crippen LogP contribution is 2.25. The maximum atomic E-state index is 12.7. The van der Waals surface area contributed by atoms with Crippen molar-refractivity contribution in [1.82, 2.24) is 20.3 Å². The van der Waals surface area contributed by atoms with E-state index < -0.39 is 0 Å². The van der Waals surface area contributed by atoms with Crippen molar-refractivity contribution < 1.29 is 4.79 Å². The number of aromatic nitrogens is 3. The lowest BCUT2D eigenvalue weighted by molar-refractivity contribution is 0.0942. The molecule has 2 aromatic carbocycles. The van der Waals surface area contributed by atoms with E-state index >= 15 is 0 Å². The van der Waals surface area contributed by atoms with Crippen molar-refractivity contribution >= 4 is 16.9 Å². The number of carbonyl (C=O) groups excluding carboxylic acids is 1. The van der Waals surface area contributed by atoms with Crippen LogP contribution in [0.25, 0.3) is 11.0 Å². The van der Waals surface area contributed by atoms with Gasteiger partial charge in [0.1, 0.15) is 0 Å². The molecule has 1 atom stereocenters. The lowest BCUT2D eigenvalue weighted by Gasteiger charge is -2.20. The molecule has 4 aromatic rings. The molecule has 0 spiro atoms. The second-order valence-electron chi connectivity index (χ2n) is 6.01. The van der Waals surface area contributed by atoms with Gasteiger partial charge in [-0.25, -0.2) is 4.98 Å². The number of imidazole rings is 1. The molecule has 1 amide bonds. The van der Waals surface area contributed by atoms with Gasteiger partial charge < -0.3 is 15.3 Å². The number of fused-ring (bicyclic) bond motifs is 1. The van der Waals surface area contributed by atoms with Gasteiger partial charge >= 0.3 is 0 Å². The van der Waals surface area contributed by atoms with Crippen LogP contribution in [0.15, 0.2) is 67.1 Å². The molecule has 25 heavy (non-hydrogen) atoms.